The summed E-state index contributed by atoms with van der Waals surface area (Å²) >= 11 is 0. The zero-order chi connectivity index (χ0) is 13.9. The second kappa shape index (κ2) is 5.40. The van der Waals surface area contributed by atoms with Gasteiger partial charge in [-0.25, -0.2) is 19.9 Å². The van der Waals surface area contributed by atoms with E-state index in [1.54, 1.807) is 6.20 Å². The number of hydrogen-bond acceptors (Lipinski definition) is 5. The van der Waals surface area contributed by atoms with Gasteiger partial charge in [0.1, 0.15) is 12.0 Å². The van der Waals surface area contributed by atoms with Crippen molar-refractivity contribution in [2.75, 3.05) is 0 Å². The quantitative estimate of drug-likeness (QED) is 0.912. The first kappa shape index (κ1) is 13.5. The van der Waals surface area contributed by atoms with Gasteiger partial charge in [-0.15, -0.1) is 0 Å². The summed E-state index contributed by atoms with van der Waals surface area (Å²) < 4.78 is 0. The Balaban J connectivity index is 2.25. The summed E-state index contributed by atoms with van der Waals surface area (Å²) in [4.78, 5) is 17.1. The highest BCUT2D eigenvalue weighted by Crippen LogP contribution is 2.12. The summed E-state index contributed by atoms with van der Waals surface area (Å²) in [5.74, 6) is 0.646. The van der Waals surface area contributed by atoms with Gasteiger partial charge in [0.15, 0.2) is 5.82 Å². The number of aryl methyl sites for hydroxylation is 1. The summed E-state index contributed by atoms with van der Waals surface area (Å²) in [6, 6.07) is 3.80. The highest BCUT2D eigenvalue weighted by Gasteiger charge is 2.11. The van der Waals surface area contributed by atoms with Crippen LogP contribution in [0.5, 0.6) is 0 Å². The molecule has 5 nitrogen and oxygen atoms in total. The predicted octanol–water partition coefficient (Wildman–Crippen LogP) is 2.13. The van der Waals surface area contributed by atoms with E-state index in [2.05, 4.69) is 46.0 Å². The Kier molecular flexibility index (Phi) is 3.85. The fourth-order valence-corrected chi connectivity index (χ4v) is 1.62. The molecule has 0 aromatic carbocycles. The average molecular weight is 257 g/mol. The molecule has 0 spiro atoms. The first-order valence-electron chi connectivity index (χ1n) is 6.30. The third-order valence-corrected chi connectivity index (χ3v) is 2.52. The lowest BCUT2D eigenvalue weighted by molar-refractivity contribution is 0.421. The molecule has 19 heavy (non-hydrogen) atoms. The smallest absolute Gasteiger partial charge is 0.178 e. The molecule has 0 aliphatic carbocycles. The molecule has 0 radical (unpaired) electrons. The lowest BCUT2D eigenvalue weighted by atomic mass is 10.1. The molecule has 0 aliphatic rings. The predicted molar refractivity (Wildman–Crippen MR) is 74.4 cm³/mol. The van der Waals surface area contributed by atoms with Gasteiger partial charge < -0.3 is 5.32 Å². The van der Waals surface area contributed by atoms with Crippen molar-refractivity contribution >= 4 is 0 Å². The summed E-state index contributed by atoms with van der Waals surface area (Å²) in [6.45, 7) is 9.07. The van der Waals surface area contributed by atoms with Crippen LogP contribution in [0.4, 0.5) is 0 Å². The van der Waals surface area contributed by atoms with Crippen molar-refractivity contribution in [2.24, 2.45) is 0 Å². The van der Waals surface area contributed by atoms with Gasteiger partial charge in [-0.1, -0.05) is 0 Å². The Morgan fingerprint density at radius 1 is 1.21 bits per heavy atom. The largest absolute Gasteiger partial charge is 0.306 e. The monoisotopic (exact) mass is 257 g/mol. The Labute approximate surface area is 113 Å². The number of nitrogens with zero attached hydrogens (tertiary/aromatic N) is 4. The minimum absolute atomic E-state index is 0.0634. The standard InChI is InChI=1S/C14H19N5/c1-10-7-11(8-17-14(2,3)4)19-13(18-10)12-5-6-15-9-16-12/h5-7,9,17H,8H2,1-4H3. The molecule has 0 saturated carbocycles. The zero-order valence-corrected chi connectivity index (χ0v) is 11.8. The number of hydrogen-bond donors (Lipinski definition) is 1. The van der Waals surface area contributed by atoms with Crippen molar-refractivity contribution in [3.05, 3.63) is 36.0 Å². The van der Waals surface area contributed by atoms with Crippen molar-refractivity contribution < 1.29 is 0 Å². The summed E-state index contributed by atoms with van der Waals surface area (Å²) in [7, 11) is 0. The van der Waals surface area contributed by atoms with Crippen LogP contribution in [-0.2, 0) is 6.54 Å². The molecule has 2 rings (SSSR count). The van der Waals surface area contributed by atoms with E-state index in [0.717, 1.165) is 17.1 Å². The van der Waals surface area contributed by atoms with E-state index in [1.165, 1.54) is 6.33 Å². The van der Waals surface area contributed by atoms with Gasteiger partial charge in [-0.2, -0.15) is 0 Å². The first-order chi connectivity index (χ1) is 8.94. The molecule has 2 aromatic heterocycles. The van der Waals surface area contributed by atoms with Crippen LogP contribution in [0.2, 0.25) is 0 Å². The number of rotatable bonds is 3. The summed E-state index contributed by atoms with van der Waals surface area (Å²) in [5.41, 5.74) is 2.72. The Bertz CT molecular complexity index is 546. The Morgan fingerprint density at radius 2 is 2.00 bits per heavy atom. The molecule has 2 heterocycles. The lowest BCUT2D eigenvalue weighted by Crippen LogP contribution is -2.35. The number of nitrogens with one attached hydrogen (secondary N) is 1. The normalized spacial score (nSPS) is 11.6. The molecular weight excluding hydrogens is 238 g/mol. The van der Waals surface area contributed by atoms with E-state index in [4.69, 9.17) is 0 Å². The molecule has 0 atom stereocenters. The molecule has 5 heteroatoms. The van der Waals surface area contributed by atoms with Crippen LogP contribution in [0.3, 0.4) is 0 Å². The fourth-order valence-electron chi connectivity index (χ4n) is 1.62. The fraction of sp³-hybridized carbons (Fsp3) is 0.429. The maximum Gasteiger partial charge on any atom is 0.178 e. The average Bonchev–Trinajstić information content (AvgIpc) is 2.36. The highest BCUT2D eigenvalue weighted by molar-refractivity contribution is 5.48. The molecule has 1 N–H and O–H groups in total. The minimum Gasteiger partial charge on any atom is -0.306 e. The lowest BCUT2D eigenvalue weighted by Gasteiger charge is -2.20. The third kappa shape index (κ3) is 4.06. The van der Waals surface area contributed by atoms with Crippen molar-refractivity contribution in [3.63, 3.8) is 0 Å². The van der Waals surface area contributed by atoms with E-state index in [9.17, 15) is 0 Å². The van der Waals surface area contributed by atoms with Crippen LogP contribution in [0.15, 0.2) is 24.7 Å². The van der Waals surface area contributed by atoms with Crippen LogP contribution >= 0.6 is 0 Å². The van der Waals surface area contributed by atoms with E-state index < -0.39 is 0 Å². The van der Waals surface area contributed by atoms with Gasteiger partial charge in [0, 0.05) is 24.0 Å². The van der Waals surface area contributed by atoms with Crippen LogP contribution in [0.25, 0.3) is 11.5 Å². The van der Waals surface area contributed by atoms with Crippen molar-refractivity contribution in [3.8, 4) is 11.5 Å². The highest BCUT2D eigenvalue weighted by atomic mass is 15.0. The summed E-state index contributed by atoms with van der Waals surface area (Å²) in [6.07, 6.45) is 3.20. The Hall–Kier alpha value is -1.88. The van der Waals surface area contributed by atoms with Crippen LogP contribution in [0, 0.1) is 6.92 Å². The maximum atomic E-state index is 4.54. The SMILES string of the molecule is Cc1cc(CNC(C)(C)C)nc(-c2ccncn2)n1. The van der Waals surface area contributed by atoms with Crippen molar-refractivity contribution in [2.45, 2.75) is 39.8 Å². The molecular formula is C14H19N5. The van der Waals surface area contributed by atoms with Gasteiger partial charge in [0.25, 0.3) is 0 Å². The summed E-state index contributed by atoms with van der Waals surface area (Å²) in [5, 5.41) is 3.42. The van der Waals surface area contributed by atoms with Crippen LogP contribution in [0.1, 0.15) is 32.2 Å². The van der Waals surface area contributed by atoms with Gasteiger partial charge in [0.2, 0.25) is 0 Å². The third-order valence-electron chi connectivity index (χ3n) is 2.52. The minimum atomic E-state index is 0.0634. The van der Waals surface area contributed by atoms with Crippen LogP contribution in [-0.4, -0.2) is 25.5 Å². The molecule has 100 valence electrons. The first-order valence-corrected chi connectivity index (χ1v) is 6.30. The molecule has 0 fully saturated rings. The zero-order valence-electron chi connectivity index (χ0n) is 11.8. The van der Waals surface area contributed by atoms with E-state index >= 15 is 0 Å². The Morgan fingerprint density at radius 3 is 2.63 bits per heavy atom. The van der Waals surface area contributed by atoms with Crippen LogP contribution < -0.4 is 5.32 Å². The maximum absolute atomic E-state index is 4.54. The van der Waals surface area contributed by atoms with E-state index in [-0.39, 0.29) is 5.54 Å². The molecule has 0 bridgehead atoms. The molecule has 0 amide bonds. The van der Waals surface area contributed by atoms with Crippen molar-refractivity contribution in [1.29, 1.82) is 0 Å². The second-order valence-corrected chi connectivity index (χ2v) is 5.52. The molecule has 2 aromatic rings. The van der Waals surface area contributed by atoms with Crippen molar-refractivity contribution in [1.82, 2.24) is 25.3 Å². The number of aromatic nitrogens is 4. The molecule has 0 aliphatic heterocycles. The van der Waals surface area contributed by atoms with Gasteiger partial charge in [-0.05, 0) is 39.8 Å². The van der Waals surface area contributed by atoms with E-state index in [1.807, 2.05) is 19.1 Å². The van der Waals surface area contributed by atoms with E-state index in [0.29, 0.717) is 12.4 Å². The van der Waals surface area contributed by atoms with Gasteiger partial charge in [0.05, 0.1) is 5.69 Å². The molecule has 0 unspecified atom stereocenters. The van der Waals surface area contributed by atoms with Gasteiger partial charge >= 0.3 is 0 Å². The van der Waals surface area contributed by atoms with Gasteiger partial charge in [-0.3, -0.25) is 0 Å². The second-order valence-electron chi connectivity index (χ2n) is 5.52. The topological polar surface area (TPSA) is 63.6 Å². The molecule has 0 saturated heterocycles.